The molecule has 0 saturated heterocycles. The third-order valence-electron chi connectivity index (χ3n) is 3.86. The Labute approximate surface area is 126 Å². The molecule has 0 atom stereocenters. The van der Waals surface area contributed by atoms with Gasteiger partial charge in [0.15, 0.2) is 0 Å². The molecule has 119 valence electrons. The van der Waals surface area contributed by atoms with Crippen LogP contribution in [0, 0.1) is 6.92 Å². The van der Waals surface area contributed by atoms with Crippen molar-refractivity contribution >= 4 is 5.97 Å². The SMILES string of the molecule is [CH2]CCCCCCCCCCCCCCCC(=O)OC. The number of rotatable bonds is 15. The molecular formula is C18H35O2. The Hall–Kier alpha value is -0.530. The molecule has 2 nitrogen and oxygen atoms in total. The average molecular weight is 283 g/mol. The fourth-order valence-electron chi connectivity index (χ4n) is 2.49. The molecule has 0 heterocycles. The second-order valence-electron chi connectivity index (χ2n) is 5.78. The highest BCUT2D eigenvalue weighted by atomic mass is 16.5. The second-order valence-corrected chi connectivity index (χ2v) is 5.78. The van der Waals surface area contributed by atoms with Crippen molar-refractivity contribution in [2.24, 2.45) is 0 Å². The summed E-state index contributed by atoms with van der Waals surface area (Å²) in [7, 11) is 1.46. The first-order valence-corrected chi connectivity index (χ1v) is 8.67. The van der Waals surface area contributed by atoms with Gasteiger partial charge in [-0.3, -0.25) is 4.79 Å². The van der Waals surface area contributed by atoms with Crippen LogP contribution in [-0.2, 0) is 9.53 Å². The van der Waals surface area contributed by atoms with Crippen LogP contribution in [-0.4, -0.2) is 13.1 Å². The molecule has 1 radical (unpaired) electrons. The van der Waals surface area contributed by atoms with Gasteiger partial charge in [-0.15, -0.1) is 0 Å². The van der Waals surface area contributed by atoms with Crippen molar-refractivity contribution in [3.8, 4) is 0 Å². The fourth-order valence-corrected chi connectivity index (χ4v) is 2.49. The van der Waals surface area contributed by atoms with E-state index in [1.807, 2.05) is 0 Å². The predicted octanol–water partition coefficient (Wildman–Crippen LogP) is 5.84. The highest BCUT2D eigenvalue weighted by molar-refractivity contribution is 5.68. The largest absolute Gasteiger partial charge is 0.469 e. The van der Waals surface area contributed by atoms with Gasteiger partial charge in [0.1, 0.15) is 0 Å². The first-order chi connectivity index (χ1) is 9.81. The Bertz CT molecular complexity index is 202. The zero-order valence-electron chi connectivity index (χ0n) is 13.6. The minimum Gasteiger partial charge on any atom is -0.469 e. The molecule has 0 fully saturated rings. The van der Waals surface area contributed by atoms with Crippen molar-refractivity contribution in [3.05, 3.63) is 6.92 Å². The van der Waals surface area contributed by atoms with Crippen LogP contribution in [0.5, 0.6) is 0 Å². The molecule has 0 spiro atoms. The van der Waals surface area contributed by atoms with Crippen molar-refractivity contribution in [1.29, 1.82) is 0 Å². The van der Waals surface area contributed by atoms with Gasteiger partial charge in [0.25, 0.3) is 0 Å². The predicted molar refractivity (Wildman–Crippen MR) is 86.6 cm³/mol. The van der Waals surface area contributed by atoms with E-state index in [0.717, 1.165) is 12.8 Å². The zero-order chi connectivity index (χ0) is 14.9. The van der Waals surface area contributed by atoms with Gasteiger partial charge >= 0.3 is 5.97 Å². The fraction of sp³-hybridized carbons (Fsp3) is 0.889. The molecule has 0 saturated carbocycles. The third-order valence-corrected chi connectivity index (χ3v) is 3.86. The molecule has 0 aromatic heterocycles. The Kier molecular flexibility index (Phi) is 16.1. The standard InChI is InChI=1S/C18H35O2/c1-3-4-5-6-7-8-9-10-11-12-13-14-15-16-17-18(19)20-2/h1,3-17H2,2H3. The summed E-state index contributed by atoms with van der Waals surface area (Å²) < 4.78 is 4.62. The van der Waals surface area contributed by atoms with Crippen molar-refractivity contribution in [1.82, 2.24) is 0 Å². The number of ether oxygens (including phenoxy) is 1. The van der Waals surface area contributed by atoms with E-state index in [1.165, 1.54) is 84.2 Å². The molecule has 0 rings (SSSR count). The molecule has 0 unspecified atom stereocenters. The maximum absolute atomic E-state index is 10.9. The van der Waals surface area contributed by atoms with Gasteiger partial charge in [-0.1, -0.05) is 90.4 Å². The van der Waals surface area contributed by atoms with Gasteiger partial charge in [-0.2, -0.15) is 0 Å². The van der Waals surface area contributed by atoms with E-state index in [-0.39, 0.29) is 5.97 Å². The van der Waals surface area contributed by atoms with E-state index in [9.17, 15) is 4.79 Å². The zero-order valence-corrected chi connectivity index (χ0v) is 13.6. The van der Waals surface area contributed by atoms with Gasteiger partial charge in [0, 0.05) is 6.42 Å². The summed E-state index contributed by atoms with van der Waals surface area (Å²) in [5, 5.41) is 0. The number of hydrogen-bond acceptors (Lipinski definition) is 2. The average Bonchev–Trinajstić information content (AvgIpc) is 2.47. The van der Waals surface area contributed by atoms with Gasteiger partial charge in [0.2, 0.25) is 0 Å². The van der Waals surface area contributed by atoms with Gasteiger partial charge in [0.05, 0.1) is 7.11 Å². The summed E-state index contributed by atoms with van der Waals surface area (Å²) in [5.41, 5.74) is 0. The third kappa shape index (κ3) is 15.5. The lowest BCUT2D eigenvalue weighted by molar-refractivity contribution is -0.140. The Morgan fingerprint density at radius 1 is 0.700 bits per heavy atom. The summed E-state index contributed by atoms with van der Waals surface area (Å²) in [6, 6.07) is 0. The summed E-state index contributed by atoms with van der Waals surface area (Å²) >= 11 is 0. The molecule has 0 amide bonds. The van der Waals surface area contributed by atoms with Crippen LogP contribution in [0.3, 0.4) is 0 Å². The smallest absolute Gasteiger partial charge is 0.305 e. The van der Waals surface area contributed by atoms with E-state index >= 15 is 0 Å². The van der Waals surface area contributed by atoms with Crippen molar-refractivity contribution in [2.45, 2.75) is 96.3 Å². The summed E-state index contributed by atoms with van der Waals surface area (Å²) in [6.07, 6.45) is 18.9. The van der Waals surface area contributed by atoms with Crippen LogP contribution >= 0.6 is 0 Å². The minimum absolute atomic E-state index is 0.0693. The molecule has 0 aromatic carbocycles. The number of carbonyl (C=O) groups is 1. The lowest BCUT2D eigenvalue weighted by Gasteiger charge is -2.03. The number of unbranched alkanes of at least 4 members (excludes halogenated alkanes) is 13. The van der Waals surface area contributed by atoms with E-state index in [2.05, 4.69) is 11.7 Å². The van der Waals surface area contributed by atoms with Crippen molar-refractivity contribution < 1.29 is 9.53 Å². The molecule has 20 heavy (non-hydrogen) atoms. The number of esters is 1. The monoisotopic (exact) mass is 283 g/mol. The molecular weight excluding hydrogens is 248 g/mol. The number of carbonyl (C=O) groups excluding carboxylic acids is 1. The Morgan fingerprint density at radius 2 is 1.05 bits per heavy atom. The summed E-state index contributed by atoms with van der Waals surface area (Å²) in [5.74, 6) is -0.0693. The van der Waals surface area contributed by atoms with Crippen LogP contribution in [0.15, 0.2) is 0 Å². The van der Waals surface area contributed by atoms with Crippen molar-refractivity contribution in [3.63, 3.8) is 0 Å². The van der Waals surface area contributed by atoms with Crippen LogP contribution in [0.25, 0.3) is 0 Å². The molecule has 2 heteroatoms. The number of hydrogen-bond donors (Lipinski definition) is 0. The molecule has 0 aliphatic rings. The highest BCUT2D eigenvalue weighted by Gasteiger charge is 1.99. The normalized spacial score (nSPS) is 10.7. The van der Waals surface area contributed by atoms with Crippen LogP contribution < -0.4 is 0 Å². The van der Waals surface area contributed by atoms with Gasteiger partial charge < -0.3 is 4.74 Å². The van der Waals surface area contributed by atoms with Crippen molar-refractivity contribution in [2.75, 3.05) is 7.11 Å². The molecule has 0 N–H and O–H groups in total. The van der Waals surface area contributed by atoms with Crippen LogP contribution in [0.4, 0.5) is 0 Å². The maximum atomic E-state index is 10.9. The topological polar surface area (TPSA) is 26.3 Å². The Balaban J connectivity index is 2.97. The van der Waals surface area contributed by atoms with Gasteiger partial charge in [-0.25, -0.2) is 0 Å². The second kappa shape index (κ2) is 16.5. The maximum Gasteiger partial charge on any atom is 0.305 e. The van der Waals surface area contributed by atoms with E-state index in [0.29, 0.717) is 6.42 Å². The van der Waals surface area contributed by atoms with Gasteiger partial charge in [-0.05, 0) is 6.42 Å². The number of methoxy groups -OCH3 is 1. The minimum atomic E-state index is -0.0693. The lowest BCUT2D eigenvalue weighted by Crippen LogP contribution is -1.99. The van der Waals surface area contributed by atoms with Crippen LogP contribution in [0.2, 0.25) is 0 Å². The van der Waals surface area contributed by atoms with E-state index in [1.54, 1.807) is 0 Å². The van der Waals surface area contributed by atoms with E-state index < -0.39 is 0 Å². The molecule has 0 aliphatic carbocycles. The first kappa shape index (κ1) is 19.5. The molecule has 0 aliphatic heterocycles. The lowest BCUT2D eigenvalue weighted by atomic mass is 10.0. The van der Waals surface area contributed by atoms with E-state index in [4.69, 9.17) is 0 Å². The Morgan fingerprint density at radius 3 is 1.40 bits per heavy atom. The molecule has 0 bridgehead atoms. The molecule has 0 aromatic rings. The van der Waals surface area contributed by atoms with Crippen LogP contribution in [0.1, 0.15) is 96.3 Å². The quantitative estimate of drug-likeness (QED) is 0.278. The summed E-state index contributed by atoms with van der Waals surface area (Å²) in [6.45, 7) is 3.87. The summed E-state index contributed by atoms with van der Waals surface area (Å²) in [4.78, 5) is 10.9. The highest BCUT2D eigenvalue weighted by Crippen LogP contribution is 2.13. The first-order valence-electron chi connectivity index (χ1n) is 8.67.